The third-order valence-corrected chi connectivity index (χ3v) is 3.86. The van der Waals surface area contributed by atoms with Gasteiger partial charge in [0, 0.05) is 17.1 Å². The maximum absolute atomic E-state index is 13.3. The molecule has 0 saturated heterocycles. The van der Waals surface area contributed by atoms with Crippen LogP contribution in [0.2, 0.25) is 0 Å². The molecule has 1 aliphatic carbocycles. The van der Waals surface area contributed by atoms with E-state index in [1.807, 2.05) is 0 Å². The van der Waals surface area contributed by atoms with Crippen molar-refractivity contribution in [3.8, 4) is 0 Å². The number of nitrogens with zero attached hydrogens (tertiary/aromatic N) is 1. The van der Waals surface area contributed by atoms with Gasteiger partial charge in [-0.25, -0.2) is 4.39 Å². The first-order valence-corrected chi connectivity index (χ1v) is 7.23. The summed E-state index contributed by atoms with van der Waals surface area (Å²) in [6.45, 7) is 3.01. The molecule has 1 fully saturated rings. The number of ether oxygens (including phenoxy) is 1. The summed E-state index contributed by atoms with van der Waals surface area (Å²) >= 11 is 3.42. The molecule has 3 nitrogen and oxygen atoms in total. The topological polar surface area (TPSA) is 29.5 Å². The number of carbonyl (C=O) groups is 1. The monoisotopic (exact) mass is 329 g/mol. The van der Waals surface area contributed by atoms with Crippen molar-refractivity contribution in [3.63, 3.8) is 0 Å². The van der Waals surface area contributed by atoms with Crippen molar-refractivity contribution in [3.05, 3.63) is 34.1 Å². The van der Waals surface area contributed by atoms with Crippen LogP contribution in [0.4, 0.5) is 4.39 Å². The fraction of sp³-hybridized carbons (Fsp3) is 0.500. The highest BCUT2D eigenvalue weighted by Gasteiger charge is 2.31. The van der Waals surface area contributed by atoms with E-state index in [1.54, 1.807) is 13.0 Å². The van der Waals surface area contributed by atoms with Crippen LogP contribution >= 0.6 is 15.9 Å². The van der Waals surface area contributed by atoms with Crippen LogP contribution in [-0.4, -0.2) is 30.1 Å². The zero-order chi connectivity index (χ0) is 13.8. The lowest BCUT2D eigenvalue weighted by atomic mass is 10.2. The number of esters is 1. The quantitative estimate of drug-likeness (QED) is 0.751. The van der Waals surface area contributed by atoms with E-state index in [-0.39, 0.29) is 18.3 Å². The largest absolute Gasteiger partial charge is 0.465 e. The Labute approximate surface area is 120 Å². The maximum Gasteiger partial charge on any atom is 0.320 e. The average Bonchev–Trinajstić information content (AvgIpc) is 3.17. The molecule has 0 heterocycles. The van der Waals surface area contributed by atoms with E-state index >= 15 is 0 Å². The van der Waals surface area contributed by atoms with Gasteiger partial charge in [0.2, 0.25) is 0 Å². The van der Waals surface area contributed by atoms with Crippen LogP contribution in [0.5, 0.6) is 0 Å². The minimum Gasteiger partial charge on any atom is -0.465 e. The van der Waals surface area contributed by atoms with E-state index in [2.05, 4.69) is 20.8 Å². The Hall–Kier alpha value is -0.940. The fourth-order valence-electron chi connectivity index (χ4n) is 2.01. The second-order valence-electron chi connectivity index (χ2n) is 4.68. The Morgan fingerprint density at radius 3 is 2.89 bits per heavy atom. The fourth-order valence-corrected chi connectivity index (χ4v) is 2.38. The van der Waals surface area contributed by atoms with Gasteiger partial charge in [-0.1, -0.05) is 15.9 Å². The Bertz CT molecular complexity index is 463. The summed E-state index contributed by atoms with van der Waals surface area (Å²) in [5.41, 5.74) is 0.858. The Morgan fingerprint density at radius 2 is 2.26 bits per heavy atom. The zero-order valence-electron chi connectivity index (χ0n) is 10.9. The predicted molar refractivity (Wildman–Crippen MR) is 74.2 cm³/mol. The smallest absolute Gasteiger partial charge is 0.320 e. The van der Waals surface area contributed by atoms with Crippen molar-refractivity contribution in [2.45, 2.75) is 32.4 Å². The van der Waals surface area contributed by atoms with E-state index in [1.165, 1.54) is 12.1 Å². The Balaban J connectivity index is 2.04. The van der Waals surface area contributed by atoms with Gasteiger partial charge in [-0.15, -0.1) is 0 Å². The third-order valence-electron chi connectivity index (χ3n) is 3.08. The highest BCUT2D eigenvalue weighted by molar-refractivity contribution is 9.10. The third kappa shape index (κ3) is 4.28. The van der Waals surface area contributed by atoms with Crippen LogP contribution < -0.4 is 0 Å². The number of hydrogen-bond donors (Lipinski definition) is 0. The van der Waals surface area contributed by atoms with Crippen LogP contribution in [0.15, 0.2) is 22.7 Å². The van der Waals surface area contributed by atoms with Gasteiger partial charge in [-0.3, -0.25) is 9.69 Å². The minimum atomic E-state index is -0.259. The van der Waals surface area contributed by atoms with Crippen LogP contribution in [0.25, 0.3) is 0 Å². The first-order chi connectivity index (χ1) is 9.10. The molecule has 2 rings (SSSR count). The molecule has 0 atom stereocenters. The molecule has 0 aromatic heterocycles. The number of rotatable bonds is 6. The summed E-state index contributed by atoms with van der Waals surface area (Å²) < 4.78 is 19.1. The molecule has 104 valence electrons. The van der Waals surface area contributed by atoms with Gasteiger partial charge >= 0.3 is 5.97 Å². The summed E-state index contributed by atoms with van der Waals surface area (Å²) in [6, 6.07) is 5.03. The molecule has 19 heavy (non-hydrogen) atoms. The first-order valence-electron chi connectivity index (χ1n) is 6.43. The molecule has 0 aliphatic heterocycles. The van der Waals surface area contributed by atoms with E-state index in [0.717, 1.165) is 22.9 Å². The lowest BCUT2D eigenvalue weighted by molar-refractivity contribution is -0.144. The number of hydrogen-bond acceptors (Lipinski definition) is 3. The highest BCUT2D eigenvalue weighted by Crippen LogP contribution is 2.30. The molecular formula is C14H17BrFNO2. The van der Waals surface area contributed by atoms with Crippen molar-refractivity contribution in [2.75, 3.05) is 13.2 Å². The van der Waals surface area contributed by atoms with E-state index in [0.29, 0.717) is 19.2 Å². The average molecular weight is 330 g/mol. The van der Waals surface area contributed by atoms with Crippen LogP contribution in [0, 0.1) is 5.82 Å². The van der Waals surface area contributed by atoms with E-state index < -0.39 is 0 Å². The molecule has 5 heteroatoms. The summed E-state index contributed by atoms with van der Waals surface area (Å²) in [6.07, 6.45) is 2.18. The SMILES string of the molecule is CCOC(=O)CN(Cc1cc(F)ccc1Br)C1CC1. The maximum atomic E-state index is 13.3. The molecule has 0 unspecified atom stereocenters. The van der Waals surface area contributed by atoms with Crippen LogP contribution in [-0.2, 0) is 16.1 Å². The number of benzene rings is 1. The second-order valence-corrected chi connectivity index (χ2v) is 5.53. The molecule has 0 spiro atoms. The van der Waals surface area contributed by atoms with Crippen molar-refractivity contribution >= 4 is 21.9 Å². The van der Waals surface area contributed by atoms with Crippen molar-refractivity contribution in [1.82, 2.24) is 4.90 Å². The lowest BCUT2D eigenvalue weighted by Crippen LogP contribution is -2.32. The Morgan fingerprint density at radius 1 is 1.53 bits per heavy atom. The van der Waals surface area contributed by atoms with Gasteiger partial charge in [-0.2, -0.15) is 0 Å². The lowest BCUT2D eigenvalue weighted by Gasteiger charge is -2.21. The molecule has 1 aromatic carbocycles. The first kappa shape index (κ1) is 14.5. The number of carbonyl (C=O) groups excluding carboxylic acids is 1. The minimum absolute atomic E-state index is 0.220. The molecular weight excluding hydrogens is 313 g/mol. The van der Waals surface area contributed by atoms with Gasteiger partial charge in [0.15, 0.2) is 0 Å². The zero-order valence-corrected chi connectivity index (χ0v) is 12.5. The molecule has 1 aliphatic rings. The standard InChI is InChI=1S/C14H17BrFNO2/c1-2-19-14(18)9-17(12-4-5-12)8-10-7-11(16)3-6-13(10)15/h3,6-7,12H,2,4-5,8-9H2,1H3. The molecule has 0 N–H and O–H groups in total. The van der Waals surface area contributed by atoms with E-state index in [9.17, 15) is 9.18 Å². The van der Waals surface area contributed by atoms with E-state index in [4.69, 9.17) is 4.74 Å². The van der Waals surface area contributed by atoms with Gasteiger partial charge < -0.3 is 4.74 Å². The molecule has 0 radical (unpaired) electrons. The van der Waals surface area contributed by atoms with Crippen molar-refractivity contribution < 1.29 is 13.9 Å². The summed E-state index contributed by atoms with van der Waals surface area (Å²) in [5.74, 6) is -0.480. The van der Waals surface area contributed by atoms with Gasteiger partial charge in [0.1, 0.15) is 5.82 Å². The highest BCUT2D eigenvalue weighted by atomic mass is 79.9. The molecule has 0 bridgehead atoms. The number of halogens is 2. The summed E-state index contributed by atoms with van der Waals surface area (Å²) in [7, 11) is 0. The van der Waals surface area contributed by atoms with Gasteiger partial charge in [0.25, 0.3) is 0 Å². The van der Waals surface area contributed by atoms with Crippen molar-refractivity contribution in [1.29, 1.82) is 0 Å². The van der Waals surface area contributed by atoms with Crippen LogP contribution in [0.1, 0.15) is 25.3 Å². The summed E-state index contributed by atoms with van der Waals surface area (Å²) in [4.78, 5) is 13.6. The van der Waals surface area contributed by atoms with Crippen molar-refractivity contribution in [2.24, 2.45) is 0 Å². The predicted octanol–water partition coefficient (Wildman–Crippen LogP) is 3.12. The molecule has 0 amide bonds. The van der Waals surface area contributed by atoms with Gasteiger partial charge in [0.05, 0.1) is 13.2 Å². The van der Waals surface area contributed by atoms with Crippen LogP contribution in [0.3, 0.4) is 0 Å². The molecule has 1 saturated carbocycles. The summed E-state index contributed by atoms with van der Waals surface area (Å²) in [5, 5.41) is 0. The second kappa shape index (κ2) is 6.48. The van der Waals surface area contributed by atoms with Gasteiger partial charge in [-0.05, 0) is 43.5 Å². The normalized spacial score (nSPS) is 14.7. The molecule has 1 aromatic rings. The Kier molecular flexibility index (Phi) is 4.93.